The quantitative estimate of drug-likeness (QED) is 0.457. The monoisotopic (exact) mass is 413 g/mol. The average molecular weight is 413 g/mol. The number of aliphatic hydroxyl groups excluding tert-OH is 1. The molecule has 0 aromatic heterocycles. The molecule has 4 heteroatoms. The normalized spacial score (nSPS) is 34.7. The maximum Gasteiger partial charge on any atom is 0.106 e. The smallest absolute Gasteiger partial charge is 0.106 e. The first-order chi connectivity index (χ1) is 10.6. The molecule has 2 aliphatic carbocycles. The van der Waals surface area contributed by atoms with E-state index in [-0.39, 0.29) is 6.10 Å². The van der Waals surface area contributed by atoms with Crippen LogP contribution in [0.25, 0.3) is 0 Å². The molecule has 120 valence electrons. The molecule has 2 aliphatic rings. The van der Waals surface area contributed by atoms with Gasteiger partial charge in [-0.2, -0.15) is 0 Å². The van der Waals surface area contributed by atoms with E-state index in [2.05, 4.69) is 58.9 Å². The Morgan fingerprint density at radius 3 is 2.64 bits per heavy atom. The van der Waals surface area contributed by atoms with Crippen LogP contribution in [0.15, 0.2) is 29.4 Å². The zero-order valence-electron chi connectivity index (χ0n) is 13.2. The minimum absolute atomic E-state index is 0.183. The van der Waals surface area contributed by atoms with Crippen LogP contribution >= 0.6 is 22.6 Å². The van der Waals surface area contributed by atoms with Crippen LogP contribution in [-0.4, -0.2) is 24.0 Å². The highest BCUT2D eigenvalue weighted by Gasteiger charge is 2.48. The molecule has 2 fully saturated rings. The summed E-state index contributed by atoms with van der Waals surface area (Å²) >= 11 is 2.35. The van der Waals surface area contributed by atoms with Crippen molar-refractivity contribution < 1.29 is 9.94 Å². The molecule has 1 aromatic rings. The highest BCUT2D eigenvalue weighted by atomic mass is 127. The standard InChI is InChI=1S/C18H24INO2/c1-3-16(20-22-2)18-14(12-4-6-13(19)7-5-12)8-11-9-15(18)17(21)10-11/h4-7,11,14-15,17-18,21H,3,8-10H2,1-2H3/t11?,14-,15+,17?,18-/m0/s1. The first-order valence-electron chi connectivity index (χ1n) is 8.17. The van der Waals surface area contributed by atoms with Crippen LogP contribution in [0.1, 0.15) is 44.1 Å². The van der Waals surface area contributed by atoms with Gasteiger partial charge in [-0.05, 0) is 83.7 Å². The molecule has 2 bridgehead atoms. The van der Waals surface area contributed by atoms with Crippen molar-refractivity contribution in [2.75, 3.05) is 7.11 Å². The van der Waals surface area contributed by atoms with Crippen molar-refractivity contribution >= 4 is 28.3 Å². The number of nitrogens with zero attached hydrogens (tertiary/aromatic N) is 1. The second-order valence-corrected chi connectivity index (χ2v) is 7.85. The fourth-order valence-electron chi connectivity index (χ4n) is 4.55. The molecule has 0 spiro atoms. The van der Waals surface area contributed by atoms with Gasteiger partial charge in [-0.1, -0.05) is 24.2 Å². The van der Waals surface area contributed by atoms with Gasteiger partial charge in [-0.3, -0.25) is 0 Å². The summed E-state index contributed by atoms with van der Waals surface area (Å²) in [6, 6.07) is 8.85. The molecule has 3 rings (SSSR count). The van der Waals surface area contributed by atoms with Crippen molar-refractivity contribution in [2.45, 2.75) is 44.6 Å². The number of aliphatic hydroxyl groups is 1. The third kappa shape index (κ3) is 3.04. The lowest BCUT2D eigenvalue weighted by molar-refractivity contribution is 0.106. The molecular formula is C18H24INO2. The Labute approximate surface area is 146 Å². The molecule has 5 atom stereocenters. The van der Waals surface area contributed by atoms with Gasteiger partial charge in [0.05, 0.1) is 11.8 Å². The van der Waals surface area contributed by atoms with E-state index >= 15 is 0 Å². The Balaban J connectivity index is 1.98. The highest BCUT2D eigenvalue weighted by Crippen LogP contribution is 2.52. The van der Waals surface area contributed by atoms with Crippen molar-refractivity contribution in [3.8, 4) is 0 Å². The summed E-state index contributed by atoms with van der Waals surface area (Å²) < 4.78 is 1.26. The molecular weight excluding hydrogens is 389 g/mol. The molecule has 2 saturated carbocycles. The van der Waals surface area contributed by atoms with Gasteiger partial charge in [0.1, 0.15) is 7.11 Å². The average Bonchev–Trinajstić information content (AvgIpc) is 2.81. The molecule has 2 unspecified atom stereocenters. The van der Waals surface area contributed by atoms with Gasteiger partial charge >= 0.3 is 0 Å². The van der Waals surface area contributed by atoms with E-state index in [0.717, 1.165) is 31.4 Å². The first-order valence-corrected chi connectivity index (χ1v) is 9.25. The number of benzene rings is 1. The predicted octanol–water partition coefficient (Wildman–Crippen LogP) is 4.19. The lowest BCUT2D eigenvalue weighted by Crippen LogP contribution is -2.36. The van der Waals surface area contributed by atoms with Gasteiger partial charge < -0.3 is 9.94 Å². The number of fused-ring (bicyclic) bond motifs is 2. The van der Waals surface area contributed by atoms with Crippen molar-refractivity contribution in [3.63, 3.8) is 0 Å². The van der Waals surface area contributed by atoms with Gasteiger partial charge in [0.25, 0.3) is 0 Å². The maximum atomic E-state index is 10.5. The predicted molar refractivity (Wildman–Crippen MR) is 97.0 cm³/mol. The number of oxime groups is 1. The number of hydrogen-bond acceptors (Lipinski definition) is 3. The Morgan fingerprint density at radius 2 is 2.00 bits per heavy atom. The second-order valence-electron chi connectivity index (χ2n) is 6.61. The number of hydrogen-bond donors (Lipinski definition) is 1. The lowest BCUT2D eigenvalue weighted by atomic mass is 9.67. The van der Waals surface area contributed by atoms with Gasteiger partial charge in [-0.15, -0.1) is 0 Å². The summed E-state index contributed by atoms with van der Waals surface area (Å²) in [6.07, 6.45) is 3.94. The Morgan fingerprint density at radius 1 is 1.27 bits per heavy atom. The Kier molecular flexibility index (Phi) is 5.07. The molecule has 0 saturated heterocycles. The van der Waals surface area contributed by atoms with Gasteiger partial charge in [0, 0.05) is 9.49 Å². The van der Waals surface area contributed by atoms with Crippen LogP contribution in [-0.2, 0) is 4.84 Å². The molecule has 22 heavy (non-hydrogen) atoms. The summed E-state index contributed by atoms with van der Waals surface area (Å²) in [6.45, 7) is 2.14. The molecule has 1 N–H and O–H groups in total. The zero-order valence-corrected chi connectivity index (χ0v) is 15.4. The zero-order chi connectivity index (χ0) is 15.7. The first kappa shape index (κ1) is 16.2. The summed E-state index contributed by atoms with van der Waals surface area (Å²) in [5, 5.41) is 14.8. The van der Waals surface area contributed by atoms with Crippen molar-refractivity contribution in [2.24, 2.45) is 22.9 Å². The van der Waals surface area contributed by atoms with Gasteiger partial charge in [-0.25, -0.2) is 0 Å². The minimum Gasteiger partial charge on any atom is -0.399 e. The van der Waals surface area contributed by atoms with Crippen LogP contribution in [0.3, 0.4) is 0 Å². The maximum absolute atomic E-state index is 10.5. The van der Waals surface area contributed by atoms with Crippen molar-refractivity contribution in [1.29, 1.82) is 0 Å². The number of halogens is 1. The van der Waals surface area contributed by atoms with Crippen LogP contribution < -0.4 is 0 Å². The van der Waals surface area contributed by atoms with E-state index in [4.69, 9.17) is 4.84 Å². The van der Waals surface area contributed by atoms with Crippen molar-refractivity contribution in [1.82, 2.24) is 0 Å². The summed E-state index contributed by atoms with van der Waals surface area (Å²) in [5.74, 6) is 1.74. The number of rotatable bonds is 4. The third-order valence-corrected chi connectivity index (χ3v) is 6.13. The molecule has 0 amide bonds. The Hall–Kier alpha value is -0.620. The highest BCUT2D eigenvalue weighted by molar-refractivity contribution is 14.1. The lowest BCUT2D eigenvalue weighted by Gasteiger charge is -2.38. The third-order valence-electron chi connectivity index (χ3n) is 5.41. The van der Waals surface area contributed by atoms with Crippen LogP contribution in [0.4, 0.5) is 0 Å². The topological polar surface area (TPSA) is 41.8 Å². The van der Waals surface area contributed by atoms with E-state index in [9.17, 15) is 5.11 Å². The SMILES string of the molecule is CCC(=NOC)[C@@H]1[C@@H]2CC(CC2O)C[C@H]1c1ccc(I)cc1. The molecule has 0 radical (unpaired) electrons. The van der Waals surface area contributed by atoms with Crippen LogP contribution in [0.2, 0.25) is 0 Å². The summed E-state index contributed by atoms with van der Waals surface area (Å²) in [7, 11) is 1.62. The van der Waals surface area contributed by atoms with E-state index in [1.807, 2.05) is 0 Å². The molecule has 1 aromatic carbocycles. The van der Waals surface area contributed by atoms with Gasteiger partial charge in [0.2, 0.25) is 0 Å². The molecule has 0 aliphatic heterocycles. The minimum atomic E-state index is -0.183. The largest absolute Gasteiger partial charge is 0.399 e. The van der Waals surface area contributed by atoms with E-state index in [1.54, 1.807) is 7.11 Å². The fraction of sp³-hybridized carbons (Fsp3) is 0.611. The van der Waals surface area contributed by atoms with Crippen molar-refractivity contribution in [3.05, 3.63) is 33.4 Å². The second kappa shape index (κ2) is 6.87. The van der Waals surface area contributed by atoms with E-state index in [1.165, 1.54) is 9.13 Å². The van der Waals surface area contributed by atoms with Gasteiger partial charge in [0.15, 0.2) is 0 Å². The Bertz CT molecular complexity index is 543. The van der Waals surface area contributed by atoms with E-state index < -0.39 is 0 Å². The van der Waals surface area contributed by atoms with Crippen LogP contribution in [0.5, 0.6) is 0 Å². The fourth-order valence-corrected chi connectivity index (χ4v) is 4.91. The molecule has 3 nitrogen and oxygen atoms in total. The summed E-state index contributed by atoms with van der Waals surface area (Å²) in [5.41, 5.74) is 2.49. The van der Waals surface area contributed by atoms with E-state index in [0.29, 0.717) is 23.7 Å². The molecule has 0 heterocycles. The summed E-state index contributed by atoms with van der Waals surface area (Å²) in [4.78, 5) is 5.10. The van der Waals surface area contributed by atoms with Crippen LogP contribution in [0, 0.1) is 21.3 Å².